The van der Waals surface area contributed by atoms with E-state index in [2.05, 4.69) is 27.8 Å². The molecule has 0 saturated carbocycles. The van der Waals surface area contributed by atoms with Gasteiger partial charge in [0.05, 0.1) is 20.8 Å². The average Bonchev–Trinajstić information content (AvgIpc) is 2.73. The number of hydrogen-bond acceptors (Lipinski definition) is 5. The third-order valence-corrected chi connectivity index (χ3v) is 5.80. The lowest BCUT2D eigenvalue weighted by atomic mass is 9.79. The number of carbonyl (C=O) groups excluding carboxylic acids is 2. The van der Waals surface area contributed by atoms with E-state index in [1.165, 1.54) is 7.11 Å². The zero-order valence-corrected chi connectivity index (χ0v) is 18.5. The van der Waals surface area contributed by atoms with Gasteiger partial charge in [0, 0.05) is 28.9 Å². The maximum atomic E-state index is 13.0. The van der Waals surface area contributed by atoms with Gasteiger partial charge in [-0.25, -0.2) is 0 Å². The van der Waals surface area contributed by atoms with Crippen molar-refractivity contribution in [2.75, 3.05) is 20.8 Å². The van der Waals surface area contributed by atoms with Gasteiger partial charge in [0.2, 0.25) is 5.91 Å². The minimum atomic E-state index is -0.701. The Kier molecular flexibility index (Phi) is 7.15. The van der Waals surface area contributed by atoms with Crippen LogP contribution >= 0.6 is 15.9 Å². The van der Waals surface area contributed by atoms with Crippen LogP contribution in [0.2, 0.25) is 0 Å². The van der Waals surface area contributed by atoms with E-state index in [0.29, 0.717) is 23.6 Å². The van der Waals surface area contributed by atoms with Crippen molar-refractivity contribution in [1.82, 2.24) is 5.32 Å². The third-order valence-electron chi connectivity index (χ3n) is 5.12. The molecule has 7 heteroatoms. The number of nitrogens with one attached hydrogen (secondary N) is 1. The van der Waals surface area contributed by atoms with Crippen LogP contribution in [0.1, 0.15) is 23.5 Å². The SMILES string of the molecule is C=C1NC(=O)CC(c2cc(OC)c(OC)cc2Br)C1C(=O)OCCc1ccccc1. The molecule has 1 heterocycles. The lowest BCUT2D eigenvalue weighted by Gasteiger charge is -2.32. The van der Waals surface area contributed by atoms with Gasteiger partial charge >= 0.3 is 5.97 Å². The summed E-state index contributed by atoms with van der Waals surface area (Å²) in [5.41, 5.74) is 2.18. The van der Waals surface area contributed by atoms with Crippen molar-refractivity contribution in [3.8, 4) is 11.5 Å². The van der Waals surface area contributed by atoms with Crippen molar-refractivity contribution in [3.63, 3.8) is 0 Å². The predicted octanol–water partition coefficient (Wildman–Crippen LogP) is 3.99. The number of halogens is 1. The van der Waals surface area contributed by atoms with Crippen LogP contribution in [-0.2, 0) is 20.7 Å². The average molecular weight is 474 g/mol. The van der Waals surface area contributed by atoms with Gasteiger partial charge in [-0.05, 0) is 23.3 Å². The highest BCUT2D eigenvalue weighted by Crippen LogP contribution is 2.43. The fraction of sp³-hybridized carbons (Fsp3) is 0.304. The van der Waals surface area contributed by atoms with Crippen molar-refractivity contribution >= 4 is 27.8 Å². The first-order valence-electron chi connectivity index (χ1n) is 9.55. The summed E-state index contributed by atoms with van der Waals surface area (Å²) < 4.78 is 17.0. The normalized spacial score (nSPS) is 18.5. The molecule has 1 saturated heterocycles. The van der Waals surface area contributed by atoms with Crippen LogP contribution in [-0.4, -0.2) is 32.7 Å². The topological polar surface area (TPSA) is 73.9 Å². The Labute approximate surface area is 184 Å². The second kappa shape index (κ2) is 9.80. The summed E-state index contributed by atoms with van der Waals surface area (Å²) in [6.45, 7) is 4.16. The number of hydrogen-bond donors (Lipinski definition) is 1. The highest BCUT2D eigenvalue weighted by atomic mass is 79.9. The number of carbonyl (C=O) groups is 2. The van der Waals surface area contributed by atoms with E-state index in [-0.39, 0.29) is 18.9 Å². The van der Waals surface area contributed by atoms with Crippen LogP contribution in [0.25, 0.3) is 0 Å². The fourth-order valence-electron chi connectivity index (χ4n) is 3.62. The summed E-state index contributed by atoms with van der Waals surface area (Å²) in [5.74, 6) is -0.683. The highest BCUT2D eigenvalue weighted by molar-refractivity contribution is 9.10. The van der Waals surface area contributed by atoms with E-state index in [1.54, 1.807) is 19.2 Å². The Morgan fingerprint density at radius 1 is 1.17 bits per heavy atom. The summed E-state index contributed by atoms with van der Waals surface area (Å²) in [4.78, 5) is 25.2. The molecule has 1 aliphatic rings. The Morgan fingerprint density at radius 3 is 2.50 bits per heavy atom. The number of benzene rings is 2. The van der Waals surface area contributed by atoms with Gasteiger partial charge in [0.15, 0.2) is 11.5 Å². The molecule has 0 aliphatic carbocycles. The predicted molar refractivity (Wildman–Crippen MR) is 116 cm³/mol. The Balaban J connectivity index is 1.83. The second-order valence-corrected chi connectivity index (χ2v) is 7.85. The van der Waals surface area contributed by atoms with Crippen LogP contribution in [0.4, 0.5) is 0 Å². The molecule has 1 N–H and O–H groups in total. The molecule has 2 aromatic rings. The number of methoxy groups -OCH3 is 2. The molecule has 0 radical (unpaired) electrons. The maximum Gasteiger partial charge on any atom is 0.315 e. The summed E-state index contributed by atoms with van der Waals surface area (Å²) in [6.07, 6.45) is 0.744. The number of rotatable bonds is 7. The summed E-state index contributed by atoms with van der Waals surface area (Å²) in [6, 6.07) is 13.3. The maximum absolute atomic E-state index is 13.0. The van der Waals surface area contributed by atoms with Gasteiger partial charge in [-0.3, -0.25) is 9.59 Å². The second-order valence-electron chi connectivity index (χ2n) is 6.99. The molecule has 1 fully saturated rings. The van der Waals surface area contributed by atoms with E-state index < -0.39 is 17.8 Å². The first-order chi connectivity index (χ1) is 14.4. The van der Waals surface area contributed by atoms with Gasteiger partial charge in [-0.1, -0.05) is 52.8 Å². The molecule has 3 rings (SSSR count). The van der Waals surface area contributed by atoms with Crippen LogP contribution in [0.5, 0.6) is 11.5 Å². The molecule has 1 aliphatic heterocycles. The Morgan fingerprint density at radius 2 is 1.83 bits per heavy atom. The summed E-state index contributed by atoms with van der Waals surface area (Å²) in [5, 5.41) is 2.68. The van der Waals surface area contributed by atoms with Crippen molar-refractivity contribution in [1.29, 1.82) is 0 Å². The molecule has 0 aromatic heterocycles. The summed E-state index contributed by atoms with van der Waals surface area (Å²) in [7, 11) is 3.09. The largest absolute Gasteiger partial charge is 0.493 e. The van der Waals surface area contributed by atoms with Crippen molar-refractivity contribution in [3.05, 3.63) is 70.3 Å². The lowest BCUT2D eigenvalue weighted by Crippen LogP contribution is -2.41. The van der Waals surface area contributed by atoms with Crippen LogP contribution < -0.4 is 14.8 Å². The van der Waals surface area contributed by atoms with Gasteiger partial charge in [-0.15, -0.1) is 0 Å². The first kappa shape index (κ1) is 21.9. The number of amides is 1. The molecule has 30 heavy (non-hydrogen) atoms. The molecule has 1 amide bonds. The van der Waals surface area contributed by atoms with Crippen molar-refractivity contribution in [2.24, 2.45) is 5.92 Å². The highest BCUT2D eigenvalue weighted by Gasteiger charge is 2.40. The molecular weight excluding hydrogens is 450 g/mol. The number of piperidine rings is 1. The van der Waals surface area contributed by atoms with Gasteiger partial charge in [0.1, 0.15) is 5.92 Å². The smallest absolute Gasteiger partial charge is 0.315 e. The standard InChI is InChI=1S/C23H24BrNO5/c1-14-22(23(27)30-10-9-15-7-5-4-6-8-15)17(12-21(26)25-14)16-11-19(28-2)20(29-3)13-18(16)24/h4-8,11,13,17,22H,1,9-10,12H2,2-3H3,(H,25,26). The molecule has 0 spiro atoms. The van der Waals surface area contributed by atoms with Crippen molar-refractivity contribution < 1.29 is 23.8 Å². The number of esters is 1. The third kappa shape index (κ3) is 4.84. The minimum absolute atomic E-state index is 0.131. The van der Waals surface area contributed by atoms with E-state index in [0.717, 1.165) is 15.6 Å². The molecule has 0 bridgehead atoms. The monoisotopic (exact) mass is 473 g/mol. The van der Waals surface area contributed by atoms with Crippen molar-refractivity contribution in [2.45, 2.75) is 18.8 Å². The molecule has 2 unspecified atom stereocenters. The van der Waals surface area contributed by atoms with E-state index in [1.807, 2.05) is 30.3 Å². The Bertz CT molecular complexity index is 944. The lowest BCUT2D eigenvalue weighted by molar-refractivity contribution is -0.149. The van der Waals surface area contributed by atoms with Crippen LogP contribution in [0.15, 0.2) is 59.2 Å². The molecule has 158 valence electrons. The van der Waals surface area contributed by atoms with E-state index >= 15 is 0 Å². The van der Waals surface area contributed by atoms with E-state index in [4.69, 9.17) is 14.2 Å². The quantitative estimate of drug-likeness (QED) is 0.615. The Hall–Kier alpha value is -2.80. The van der Waals surface area contributed by atoms with Gasteiger partial charge in [0.25, 0.3) is 0 Å². The minimum Gasteiger partial charge on any atom is -0.493 e. The van der Waals surface area contributed by atoms with E-state index in [9.17, 15) is 9.59 Å². The molecule has 2 aromatic carbocycles. The zero-order chi connectivity index (χ0) is 21.7. The zero-order valence-electron chi connectivity index (χ0n) is 16.9. The van der Waals surface area contributed by atoms with Crippen LogP contribution in [0.3, 0.4) is 0 Å². The molecule has 2 atom stereocenters. The molecule has 6 nitrogen and oxygen atoms in total. The van der Waals surface area contributed by atoms with Crippen LogP contribution in [0, 0.1) is 5.92 Å². The number of ether oxygens (including phenoxy) is 3. The summed E-state index contributed by atoms with van der Waals surface area (Å²) >= 11 is 3.54. The van der Waals surface area contributed by atoms with Gasteiger partial charge < -0.3 is 19.5 Å². The molecular formula is C23H24BrNO5. The van der Waals surface area contributed by atoms with Gasteiger partial charge in [-0.2, -0.15) is 0 Å². The fourth-order valence-corrected chi connectivity index (χ4v) is 4.24. The first-order valence-corrected chi connectivity index (χ1v) is 10.3.